The topological polar surface area (TPSA) is 57.6 Å². The molecule has 1 aromatic rings. The maximum Gasteiger partial charge on any atom is 0.305 e. The highest BCUT2D eigenvalue weighted by molar-refractivity contribution is 14.1. The van der Waals surface area contributed by atoms with E-state index in [4.69, 9.17) is 5.11 Å². The van der Waals surface area contributed by atoms with E-state index in [0.717, 1.165) is 9.13 Å². The third kappa shape index (κ3) is 5.59. The second kappa shape index (κ2) is 7.47. The third-order valence-electron chi connectivity index (χ3n) is 2.75. The molecular weight excluding hydrogens is 357 g/mol. The summed E-state index contributed by atoms with van der Waals surface area (Å²) in [6.45, 7) is 4.05. The summed E-state index contributed by atoms with van der Waals surface area (Å²) in [7, 11) is 0. The van der Waals surface area contributed by atoms with Gasteiger partial charge in [0.25, 0.3) is 0 Å². The summed E-state index contributed by atoms with van der Waals surface area (Å²) in [5.74, 6) is -0.911. The van der Waals surface area contributed by atoms with Crippen molar-refractivity contribution in [3.05, 3.63) is 33.4 Å². The van der Waals surface area contributed by atoms with E-state index in [0.29, 0.717) is 6.42 Å². The van der Waals surface area contributed by atoms with Crippen molar-refractivity contribution in [2.75, 3.05) is 6.54 Å². The maximum atomic E-state index is 12.2. The fraction of sp³-hybridized carbons (Fsp3) is 0.429. The minimum Gasteiger partial charge on any atom is -0.481 e. The number of carboxylic acids is 1. The van der Waals surface area contributed by atoms with Crippen molar-refractivity contribution in [1.29, 1.82) is 0 Å². The third-order valence-corrected chi connectivity index (χ3v) is 3.43. The number of carbonyl (C=O) groups excluding carboxylic acids is 1. The molecule has 4 nitrogen and oxygen atoms in total. The van der Waals surface area contributed by atoms with E-state index in [2.05, 4.69) is 22.6 Å². The van der Waals surface area contributed by atoms with Gasteiger partial charge in [-0.15, -0.1) is 0 Å². The Morgan fingerprint density at radius 3 is 2.58 bits per heavy atom. The molecule has 19 heavy (non-hydrogen) atoms. The number of hydrogen-bond acceptors (Lipinski definition) is 2. The lowest BCUT2D eigenvalue weighted by Gasteiger charge is -2.26. The molecule has 1 amide bonds. The van der Waals surface area contributed by atoms with Crippen molar-refractivity contribution in [2.45, 2.75) is 32.7 Å². The van der Waals surface area contributed by atoms with Gasteiger partial charge in [-0.05, 0) is 54.1 Å². The van der Waals surface area contributed by atoms with Gasteiger partial charge in [0, 0.05) is 16.2 Å². The average molecular weight is 375 g/mol. The first-order chi connectivity index (χ1) is 8.90. The van der Waals surface area contributed by atoms with Crippen LogP contribution in [-0.4, -0.2) is 34.5 Å². The first-order valence-corrected chi connectivity index (χ1v) is 7.23. The molecule has 0 saturated heterocycles. The minimum atomic E-state index is -0.882. The van der Waals surface area contributed by atoms with Crippen LogP contribution in [0.4, 0.5) is 0 Å². The molecule has 104 valence electrons. The number of amides is 1. The Labute approximate surface area is 126 Å². The van der Waals surface area contributed by atoms with Gasteiger partial charge in [-0.1, -0.05) is 12.1 Å². The van der Waals surface area contributed by atoms with Crippen molar-refractivity contribution in [2.24, 2.45) is 0 Å². The average Bonchev–Trinajstić information content (AvgIpc) is 2.28. The van der Waals surface area contributed by atoms with Gasteiger partial charge in [0.1, 0.15) is 0 Å². The summed E-state index contributed by atoms with van der Waals surface area (Å²) in [5.41, 5.74) is 0.956. The van der Waals surface area contributed by atoms with Gasteiger partial charge in [0.05, 0.1) is 12.8 Å². The smallest absolute Gasteiger partial charge is 0.305 e. The lowest BCUT2D eigenvalue weighted by atomic mass is 10.1. The van der Waals surface area contributed by atoms with Gasteiger partial charge in [-0.3, -0.25) is 9.59 Å². The Balaban J connectivity index is 2.69. The molecular formula is C14H18INO3. The quantitative estimate of drug-likeness (QED) is 0.778. The van der Waals surface area contributed by atoms with E-state index >= 15 is 0 Å². The Hall–Kier alpha value is -1.11. The maximum absolute atomic E-state index is 12.2. The fourth-order valence-electron chi connectivity index (χ4n) is 1.81. The second-order valence-corrected chi connectivity index (χ2v) is 5.88. The molecule has 0 aliphatic rings. The second-order valence-electron chi connectivity index (χ2n) is 4.63. The van der Waals surface area contributed by atoms with Gasteiger partial charge >= 0.3 is 5.97 Å². The van der Waals surface area contributed by atoms with E-state index < -0.39 is 5.97 Å². The van der Waals surface area contributed by atoms with Crippen molar-refractivity contribution in [1.82, 2.24) is 4.90 Å². The number of carbonyl (C=O) groups is 2. The van der Waals surface area contributed by atoms with Crippen LogP contribution in [0.1, 0.15) is 25.8 Å². The number of nitrogens with zero attached hydrogens (tertiary/aromatic N) is 1. The van der Waals surface area contributed by atoms with Crippen molar-refractivity contribution in [3.8, 4) is 0 Å². The molecule has 5 heteroatoms. The van der Waals surface area contributed by atoms with E-state index in [1.807, 2.05) is 38.1 Å². The zero-order valence-corrected chi connectivity index (χ0v) is 13.3. The predicted molar refractivity (Wildman–Crippen MR) is 82.0 cm³/mol. The van der Waals surface area contributed by atoms with E-state index in [1.54, 1.807) is 4.90 Å². The van der Waals surface area contributed by atoms with E-state index in [-0.39, 0.29) is 24.9 Å². The minimum absolute atomic E-state index is 0.00892. The van der Waals surface area contributed by atoms with Crippen LogP contribution in [0.15, 0.2) is 24.3 Å². The Bertz CT molecular complexity index is 460. The van der Waals surface area contributed by atoms with E-state index in [9.17, 15) is 9.59 Å². The van der Waals surface area contributed by atoms with Crippen LogP contribution in [0, 0.1) is 3.57 Å². The van der Waals surface area contributed by atoms with Crippen molar-refractivity contribution < 1.29 is 14.7 Å². The SMILES string of the molecule is CC(C)N(CCC(=O)O)C(=O)Cc1cccc(I)c1. The van der Waals surface area contributed by atoms with Crippen molar-refractivity contribution >= 4 is 34.5 Å². The van der Waals surface area contributed by atoms with Crippen LogP contribution >= 0.6 is 22.6 Å². The summed E-state index contributed by atoms with van der Waals surface area (Å²) in [6.07, 6.45) is 0.297. The largest absolute Gasteiger partial charge is 0.481 e. The summed E-state index contributed by atoms with van der Waals surface area (Å²) < 4.78 is 1.09. The number of benzene rings is 1. The summed E-state index contributed by atoms with van der Waals surface area (Å²) in [4.78, 5) is 24.4. The molecule has 0 radical (unpaired) electrons. The van der Waals surface area contributed by atoms with Gasteiger partial charge in [-0.25, -0.2) is 0 Å². The van der Waals surface area contributed by atoms with Gasteiger partial charge < -0.3 is 10.0 Å². The molecule has 0 unspecified atom stereocenters. The molecule has 0 bridgehead atoms. The van der Waals surface area contributed by atoms with Crippen molar-refractivity contribution in [3.63, 3.8) is 0 Å². The molecule has 0 fully saturated rings. The monoisotopic (exact) mass is 375 g/mol. The van der Waals surface area contributed by atoms with Crippen LogP contribution in [0.2, 0.25) is 0 Å². The van der Waals surface area contributed by atoms with Crippen LogP contribution in [-0.2, 0) is 16.0 Å². The summed E-state index contributed by atoms with van der Waals surface area (Å²) >= 11 is 2.21. The Morgan fingerprint density at radius 1 is 1.37 bits per heavy atom. The normalized spacial score (nSPS) is 10.5. The number of aliphatic carboxylic acids is 1. The van der Waals surface area contributed by atoms with Crippen LogP contribution in [0.5, 0.6) is 0 Å². The van der Waals surface area contributed by atoms with Gasteiger partial charge in [0.15, 0.2) is 0 Å². The summed E-state index contributed by atoms with van der Waals surface area (Å²) in [6, 6.07) is 7.78. The van der Waals surface area contributed by atoms with E-state index in [1.165, 1.54) is 0 Å². The van der Waals surface area contributed by atoms with Gasteiger partial charge in [0.2, 0.25) is 5.91 Å². The lowest BCUT2D eigenvalue weighted by molar-refractivity contribution is -0.139. The Kier molecular flexibility index (Phi) is 6.27. The number of carboxylic acid groups (broad SMARTS) is 1. The molecule has 1 N–H and O–H groups in total. The molecule has 0 aliphatic heterocycles. The van der Waals surface area contributed by atoms with Gasteiger partial charge in [-0.2, -0.15) is 0 Å². The fourth-order valence-corrected chi connectivity index (χ4v) is 2.42. The summed E-state index contributed by atoms with van der Waals surface area (Å²) in [5, 5.41) is 8.71. The molecule has 1 aromatic carbocycles. The highest BCUT2D eigenvalue weighted by atomic mass is 127. The molecule has 0 atom stereocenters. The molecule has 0 heterocycles. The molecule has 0 saturated carbocycles. The molecule has 0 spiro atoms. The first-order valence-electron chi connectivity index (χ1n) is 6.16. The highest BCUT2D eigenvalue weighted by Gasteiger charge is 2.18. The number of halogens is 1. The zero-order chi connectivity index (χ0) is 14.4. The standard InChI is InChI=1S/C14H18INO3/c1-10(2)16(7-6-14(18)19)13(17)9-11-4-3-5-12(15)8-11/h3-5,8,10H,6-7,9H2,1-2H3,(H,18,19). The highest BCUT2D eigenvalue weighted by Crippen LogP contribution is 2.11. The lowest BCUT2D eigenvalue weighted by Crippen LogP contribution is -2.39. The number of hydrogen-bond donors (Lipinski definition) is 1. The van der Waals surface area contributed by atoms with Crippen LogP contribution in [0.25, 0.3) is 0 Å². The van der Waals surface area contributed by atoms with Crippen LogP contribution < -0.4 is 0 Å². The number of rotatable bonds is 6. The zero-order valence-electron chi connectivity index (χ0n) is 11.1. The molecule has 0 aromatic heterocycles. The first kappa shape index (κ1) is 15.9. The molecule has 1 rings (SSSR count). The van der Waals surface area contributed by atoms with Crippen LogP contribution in [0.3, 0.4) is 0 Å². The Morgan fingerprint density at radius 2 is 2.05 bits per heavy atom. The molecule has 0 aliphatic carbocycles. The predicted octanol–water partition coefficient (Wildman–Crippen LogP) is 2.55.